The van der Waals surface area contributed by atoms with Crippen molar-refractivity contribution in [2.75, 3.05) is 24.6 Å². The van der Waals surface area contributed by atoms with Crippen molar-refractivity contribution in [2.24, 2.45) is 17.8 Å². The third kappa shape index (κ3) is 4.87. The summed E-state index contributed by atoms with van der Waals surface area (Å²) in [5, 5.41) is 12.7. The summed E-state index contributed by atoms with van der Waals surface area (Å²) in [7, 11) is 0. The third-order valence-corrected chi connectivity index (χ3v) is 9.79. The molecule has 2 saturated heterocycles. The van der Waals surface area contributed by atoms with E-state index in [1.54, 1.807) is 14.7 Å². The Morgan fingerprint density at radius 1 is 0.889 bits per heavy atom. The van der Waals surface area contributed by atoms with Crippen molar-refractivity contribution in [3.05, 3.63) is 103 Å². The van der Waals surface area contributed by atoms with Crippen molar-refractivity contribution < 1.29 is 24.2 Å². The highest BCUT2D eigenvalue weighted by atomic mass is 16.5. The van der Waals surface area contributed by atoms with Gasteiger partial charge in [0, 0.05) is 25.3 Å². The van der Waals surface area contributed by atoms with Gasteiger partial charge in [-0.1, -0.05) is 98.8 Å². The first-order chi connectivity index (χ1) is 21.8. The second-order valence-corrected chi connectivity index (χ2v) is 13.1. The number of ether oxygens (including phenoxy) is 1. The van der Waals surface area contributed by atoms with Crippen molar-refractivity contribution in [3.8, 4) is 0 Å². The maximum absolute atomic E-state index is 14.8. The molecule has 0 aliphatic carbocycles. The van der Waals surface area contributed by atoms with Crippen molar-refractivity contribution >= 4 is 34.2 Å². The number of fused-ring (bicyclic) bond motifs is 3. The third-order valence-electron chi connectivity index (χ3n) is 9.79. The van der Waals surface area contributed by atoms with Crippen LogP contribution in [0.1, 0.15) is 25.8 Å². The number of anilines is 1. The Morgan fingerprint density at radius 3 is 2.40 bits per heavy atom. The number of nitrogens with zero attached hydrogens (tertiary/aromatic N) is 3. The molecular formula is C37H39N3O5. The van der Waals surface area contributed by atoms with Crippen LogP contribution in [-0.4, -0.2) is 76.1 Å². The van der Waals surface area contributed by atoms with E-state index in [1.807, 2.05) is 111 Å². The Hall–Kier alpha value is -4.27. The van der Waals surface area contributed by atoms with Gasteiger partial charge < -0.3 is 24.5 Å². The summed E-state index contributed by atoms with van der Waals surface area (Å²) in [6.45, 7) is 4.87. The van der Waals surface area contributed by atoms with Crippen LogP contribution in [-0.2, 0) is 25.7 Å². The zero-order valence-electron chi connectivity index (χ0n) is 25.7. The second kappa shape index (κ2) is 11.6. The molecule has 0 saturated carbocycles. The Bertz CT molecular complexity index is 1690. The molecule has 1 spiro atoms. The fraction of sp³-hybridized carbons (Fsp3) is 0.378. The normalized spacial score (nSPS) is 28.4. The van der Waals surface area contributed by atoms with Gasteiger partial charge in [-0.05, 0) is 40.8 Å². The molecule has 1 unspecified atom stereocenters. The van der Waals surface area contributed by atoms with Crippen LogP contribution in [0.2, 0.25) is 0 Å². The van der Waals surface area contributed by atoms with E-state index < -0.39 is 35.6 Å². The summed E-state index contributed by atoms with van der Waals surface area (Å²) in [4.78, 5) is 49.0. The first-order valence-corrected chi connectivity index (χ1v) is 15.9. The number of aliphatic hydroxyl groups is 1. The van der Waals surface area contributed by atoms with Crippen LogP contribution in [0.25, 0.3) is 10.8 Å². The molecule has 45 heavy (non-hydrogen) atoms. The summed E-state index contributed by atoms with van der Waals surface area (Å²) in [6, 6.07) is 22.1. The lowest BCUT2D eigenvalue weighted by Gasteiger charge is -2.39. The van der Waals surface area contributed by atoms with E-state index in [1.165, 1.54) is 0 Å². The maximum Gasteiger partial charge on any atom is 0.253 e. The predicted molar refractivity (Wildman–Crippen MR) is 172 cm³/mol. The van der Waals surface area contributed by atoms with Gasteiger partial charge in [-0.3, -0.25) is 14.4 Å². The van der Waals surface area contributed by atoms with Crippen LogP contribution in [0.4, 0.5) is 5.69 Å². The van der Waals surface area contributed by atoms with Gasteiger partial charge in [-0.25, -0.2) is 0 Å². The first-order valence-electron chi connectivity index (χ1n) is 15.9. The van der Waals surface area contributed by atoms with Crippen molar-refractivity contribution in [1.82, 2.24) is 9.80 Å². The minimum Gasteiger partial charge on any atom is -0.394 e. The monoisotopic (exact) mass is 605 g/mol. The Kier molecular flexibility index (Phi) is 7.58. The minimum absolute atomic E-state index is 0.162. The van der Waals surface area contributed by atoms with E-state index in [-0.39, 0.29) is 30.2 Å². The topological polar surface area (TPSA) is 90.4 Å². The zero-order chi connectivity index (χ0) is 31.3. The highest BCUT2D eigenvalue weighted by molar-refractivity contribution is 6.06. The zero-order valence-corrected chi connectivity index (χ0v) is 25.7. The maximum atomic E-state index is 14.8. The summed E-state index contributed by atoms with van der Waals surface area (Å²) in [5.74, 6) is -2.28. The van der Waals surface area contributed by atoms with Crippen LogP contribution in [0.5, 0.6) is 0 Å². The van der Waals surface area contributed by atoms with Crippen LogP contribution in [0.15, 0.2) is 97.1 Å². The number of hydrogen-bond donors (Lipinski definition) is 1. The molecule has 6 atom stereocenters. The number of carbonyl (C=O) groups is 3. The van der Waals surface area contributed by atoms with E-state index >= 15 is 0 Å². The first kappa shape index (κ1) is 29.4. The summed E-state index contributed by atoms with van der Waals surface area (Å²) in [5.41, 5.74) is 0.365. The molecule has 0 bridgehead atoms. The molecule has 1 N–H and O–H groups in total. The van der Waals surface area contributed by atoms with E-state index in [9.17, 15) is 19.5 Å². The standard InChI is InChI=1S/C37H39N3O5/c1-24(2)20-29(23-41)40-33-36(44)39(28-16-15-26-12-6-7-13-27(26)21-28)19-9-17-37(33)32(35(40)43)31-30(45-37)14-8-18-38(34(31)42)22-25-10-4-3-5-11-25/h3-17,21,24,29-33,41H,18-20,22-23H2,1-2H3/t29-,30+,31-,32+,33?,37+/m1/s1. The average molecular weight is 606 g/mol. The molecule has 232 valence electrons. The molecule has 4 aliphatic heterocycles. The van der Waals surface area contributed by atoms with Gasteiger partial charge in [0.05, 0.1) is 30.6 Å². The van der Waals surface area contributed by atoms with Crippen molar-refractivity contribution in [2.45, 2.75) is 50.6 Å². The van der Waals surface area contributed by atoms with E-state index in [4.69, 9.17) is 4.74 Å². The molecule has 8 nitrogen and oxygen atoms in total. The number of benzene rings is 3. The molecular weight excluding hydrogens is 566 g/mol. The van der Waals surface area contributed by atoms with E-state index in [0.717, 1.165) is 22.0 Å². The Balaban J connectivity index is 1.31. The van der Waals surface area contributed by atoms with Gasteiger partial charge in [0.1, 0.15) is 11.6 Å². The summed E-state index contributed by atoms with van der Waals surface area (Å²) in [6.07, 6.45) is 7.43. The number of rotatable bonds is 7. The molecule has 3 aromatic carbocycles. The molecule has 8 heteroatoms. The van der Waals surface area contributed by atoms with Crippen LogP contribution >= 0.6 is 0 Å². The molecule has 0 radical (unpaired) electrons. The van der Waals surface area contributed by atoms with Crippen LogP contribution < -0.4 is 4.90 Å². The number of carbonyl (C=O) groups excluding carboxylic acids is 3. The van der Waals surface area contributed by atoms with Gasteiger partial charge in [0.25, 0.3) is 5.91 Å². The van der Waals surface area contributed by atoms with Crippen LogP contribution in [0.3, 0.4) is 0 Å². The summed E-state index contributed by atoms with van der Waals surface area (Å²) < 4.78 is 6.82. The molecule has 3 amide bonds. The molecule has 0 aromatic heterocycles. The fourth-order valence-electron chi connectivity index (χ4n) is 7.86. The molecule has 7 rings (SSSR count). The quantitative estimate of drug-likeness (QED) is 0.405. The lowest BCUT2D eigenvalue weighted by atomic mass is 9.77. The highest BCUT2D eigenvalue weighted by Gasteiger charge is 2.72. The van der Waals surface area contributed by atoms with Gasteiger partial charge in [0.15, 0.2) is 0 Å². The SMILES string of the molecule is CC(C)C[C@H](CO)N1C(=O)[C@@H]2[C@@H]3C(=O)N(Cc4ccccc4)CC=C[C@@H]3O[C@@]23C=CCN(c2ccc4ccccc4c2)C(=O)C13. The lowest BCUT2D eigenvalue weighted by Crippen LogP contribution is -2.58. The molecule has 4 aliphatic rings. The highest BCUT2D eigenvalue weighted by Crippen LogP contribution is 2.54. The van der Waals surface area contributed by atoms with Crippen molar-refractivity contribution in [3.63, 3.8) is 0 Å². The van der Waals surface area contributed by atoms with Crippen molar-refractivity contribution in [1.29, 1.82) is 0 Å². The molecule has 4 heterocycles. The smallest absolute Gasteiger partial charge is 0.253 e. The van der Waals surface area contributed by atoms with Gasteiger partial charge >= 0.3 is 0 Å². The molecule has 2 fully saturated rings. The second-order valence-electron chi connectivity index (χ2n) is 13.1. The minimum atomic E-state index is -1.35. The van der Waals surface area contributed by atoms with Gasteiger partial charge in [0.2, 0.25) is 11.8 Å². The Labute approximate surface area is 263 Å². The average Bonchev–Trinajstić information content (AvgIpc) is 3.37. The van der Waals surface area contributed by atoms with Crippen LogP contribution in [0, 0.1) is 17.8 Å². The number of likely N-dealkylation sites (tertiary alicyclic amines) is 1. The van der Waals surface area contributed by atoms with E-state index in [0.29, 0.717) is 26.1 Å². The lowest BCUT2D eigenvalue weighted by molar-refractivity contribution is -0.147. The van der Waals surface area contributed by atoms with Gasteiger partial charge in [-0.2, -0.15) is 0 Å². The summed E-state index contributed by atoms with van der Waals surface area (Å²) >= 11 is 0. The fourth-order valence-corrected chi connectivity index (χ4v) is 7.86. The predicted octanol–water partition coefficient (Wildman–Crippen LogP) is 4.33. The number of amides is 3. The number of hydrogen-bond acceptors (Lipinski definition) is 5. The number of aliphatic hydroxyl groups excluding tert-OH is 1. The largest absolute Gasteiger partial charge is 0.394 e. The van der Waals surface area contributed by atoms with E-state index in [2.05, 4.69) is 0 Å². The molecule has 3 aromatic rings. The van der Waals surface area contributed by atoms with Gasteiger partial charge in [-0.15, -0.1) is 0 Å². The Morgan fingerprint density at radius 2 is 1.64 bits per heavy atom.